The molecular weight excluding hydrogens is 269 g/mol. The first-order chi connectivity index (χ1) is 10.1. The van der Waals surface area contributed by atoms with E-state index in [1.54, 1.807) is 19.2 Å². The minimum atomic E-state index is -0.653. The van der Waals surface area contributed by atoms with Crippen LogP contribution in [-0.4, -0.2) is 18.8 Å². The maximum Gasteiger partial charge on any atom is 0.123 e. The number of hydrogen-bond donors (Lipinski definition) is 2. The number of hydrogen-bond acceptors (Lipinski definition) is 3. The molecule has 1 atom stereocenters. The first-order valence-corrected chi connectivity index (χ1v) is 6.92. The first-order valence-electron chi connectivity index (χ1n) is 6.92. The van der Waals surface area contributed by atoms with Gasteiger partial charge in [0.05, 0.1) is 19.3 Å². The minimum absolute atomic E-state index is 0.0909. The molecule has 0 aliphatic heterocycles. The van der Waals surface area contributed by atoms with Crippen molar-refractivity contribution in [3.63, 3.8) is 0 Å². The second-order valence-corrected chi connectivity index (χ2v) is 4.96. The molecular formula is C17H20FNO2. The molecule has 0 spiro atoms. The fraction of sp³-hybridized carbons (Fsp3) is 0.294. The fourth-order valence-electron chi connectivity index (χ4n) is 2.35. The highest BCUT2D eigenvalue weighted by atomic mass is 19.1. The Labute approximate surface area is 124 Å². The molecule has 2 rings (SSSR count). The second kappa shape index (κ2) is 6.59. The van der Waals surface area contributed by atoms with E-state index < -0.39 is 5.54 Å². The molecule has 2 aromatic carbocycles. The summed E-state index contributed by atoms with van der Waals surface area (Å²) in [6.07, 6.45) is 0.659. The van der Waals surface area contributed by atoms with Crippen LogP contribution in [0.3, 0.4) is 0 Å². The Hall–Kier alpha value is -2.07. The third kappa shape index (κ3) is 3.34. The Morgan fingerprint density at radius 1 is 1.19 bits per heavy atom. The number of nitrogens with one attached hydrogen (secondary N) is 1. The Kier molecular flexibility index (Phi) is 4.81. The lowest BCUT2D eigenvalue weighted by atomic mass is 9.87. The van der Waals surface area contributed by atoms with Crippen LogP contribution < -0.4 is 10.1 Å². The summed E-state index contributed by atoms with van der Waals surface area (Å²) in [4.78, 5) is 0. The van der Waals surface area contributed by atoms with Crippen LogP contribution in [0.2, 0.25) is 0 Å². The van der Waals surface area contributed by atoms with Crippen molar-refractivity contribution in [2.24, 2.45) is 0 Å². The van der Waals surface area contributed by atoms with Gasteiger partial charge in [-0.2, -0.15) is 0 Å². The van der Waals surface area contributed by atoms with Gasteiger partial charge in [0.15, 0.2) is 0 Å². The highest BCUT2D eigenvalue weighted by Gasteiger charge is 2.29. The molecule has 1 unspecified atom stereocenters. The van der Waals surface area contributed by atoms with Gasteiger partial charge in [0.2, 0.25) is 0 Å². The summed E-state index contributed by atoms with van der Waals surface area (Å²) in [6.45, 7) is 1.89. The Balaban J connectivity index is 2.35. The summed E-state index contributed by atoms with van der Waals surface area (Å²) in [6, 6.07) is 13.7. The van der Waals surface area contributed by atoms with Crippen molar-refractivity contribution in [2.75, 3.05) is 19.0 Å². The molecule has 0 aromatic heterocycles. The van der Waals surface area contributed by atoms with Crippen molar-refractivity contribution < 1.29 is 14.2 Å². The molecule has 2 N–H and O–H groups in total. The number of aliphatic hydroxyl groups is 1. The zero-order valence-corrected chi connectivity index (χ0v) is 12.3. The molecule has 0 saturated carbocycles. The van der Waals surface area contributed by atoms with E-state index in [-0.39, 0.29) is 12.4 Å². The van der Waals surface area contributed by atoms with E-state index in [9.17, 15) is 9.50 Å². The van der Waals surface area contributed by atoms with E-state index in [4.69, 9.17) is 4.74 Å². The standard InChI is InChI=1S/C17H20FNO2/c1-3-17(12-20,13-7-9-14(18)10-8-13)19-15-5-4-6-16(11-15)21-2/h4-11,19-20H,3,12H2,1-2H3. The minimum Gasteiger partial charge on any atom is -0.497 e. The summed E-state index contributed by atoms with van der Waals surface area (Å²) in [7, 11) is 1.61. The van der Waals surface area contributed by atoms with Crippen molar-refractivity contribution in [3.8, 4) is 5.75 Å². The zero-order valence-electron chi connectivity index (χ0n) is 12.3. The molecule has 3 nitrogen and oxygen atoms in total. The fourth-order valence-corrected chi connectivity index (χ4v) is 2.35. The third-order valence-electron chi connectivity index (χ3n) is 3.72. The van der Waals surface area contributed by atoms with Gasteiger partial charge in [-0.1, -0.05) is 25.1 Å². The van der Waals surface area contributed by atoms with Gasteiger partial charge >= 0.3 is 0 Å². The van der Waals surface area contributed by atoms with Gasteiger partial charge in [0, 0.05) is 11.8 Å². The number of methoxy groups -OCH3 is 1. The van der Waals surface area contributed by atoms with Gasteiger partial charge in [0.25, 0.3) is 0 Å². The molecule has 4 heteroatoms. The lowest BCUT2D eigenvalue weighted by Crippen LogP contribution is -2.38. The van der Waals surface area contributed by atoms with E-state index in [2.05, 4.69) is 5.32 Å². The van der Waals surface area contributed by atoms with Crippen LogP contribution in [0.25, 0.3) is 0 Å². The number of rotatable bonds is 6. The highest BCUT2D eigenvalue weighted by Crippen LogP contribution is 2.31. The van der Waals surface area contributed by atoms with Gasteiger partial charge in [-0.05, 0) is 36.2 Å². The molecule has 0 bridgehead atoms. The number of anilines is 1. The number of aliphatic hydroxyl groups excluding tert-OH is 1. The van der Waals surface area contributed by atoms with Gasteiger partial charge in [-0.3, -0.25) is 0 Å². The van der Waals surface area contributed by atoms with Crippen LogP contribution >= 0.6 is 0 Å². The molecule has 0 aliphatic carbocycles. The zero-order chi connectivity index (χ0) is 15.3. The molecule has 0 saturated heterocycles. The number of ether oxygens (including phenoxy) is 1. The topological polar surface area (TPSA) is 41.5 Å². The Bertz CT molecular complexity index is 580. The average Bonchev–Trinajstić information content (AvgIpc) is 2.54. The number of halogens is 1. The van der Waals surface area contributed by atoms with Crippen molar-refractivity contribution in [1.29, 1.82) is 0 Å². The maximum absolute atomic E-state index is 13.1. The quantitative estimate of drug-likeness (QED) is 0.854. The van der Waals surface area contributed by atoms with E-state index in [1.807, 2.05) is 31.2 Å². The van der Waals surface area contributed by atoms with E-state index in [0.29, 0.717) is 6.42 Å². The van der Waals surface area contributed by atoms with Gasteiger partial charge in [0.1, 0.15) is 11.6 Å². The molecule has 0 heterocycles. The van der Waals surface area contributed by atoms with Crippen molar-refractivity contribution in [1.82, 2.24) is 0 Å². The van der Waals surface area contributed by atoms with Crippen LogP contribution in [0.5, 0.6) is 5.75 Å². The summed E-state index contributed by atoms with van der Waals surface area (Å²) in [5.41, 5.74) is 1.03. The first kappa shape index (κ1) is 15.3. The predicted octanol–water partition coefficient (Wildman–Crippen LogP) is 3.54. The molecule has 0 aliphatic rings. The molecule has 112 valence electrons. The monoisotopic (exact) mass is 289 g/mol. The van der Waals surface area contributed by atoms with Crippen LogP contribution in [0.1, 0.15) is 18.9 Å². The van der Waals surface area contributed by atoms with Gasteiger partial charge < -0.3 is 15.2 Å². The smallest absolute Gasteiger partial charge is 0.123 e. The lowest BCUT2D eigenvalue weighted by Gasteiger charge is -2.34. The normalized spacial score (nSPS) is 13.5. The highest BCUT2D eigenvalue weighted by molar-refractivity contribution is 5.52. The second-order valence-electron chi connectivity index (χ2n) is 4.96. The van der Waals surface area contributed by atoms with Crippen LogP contribution in [0.4, 0.5) is 10.1 Å². The molecule has 0 radical (unpaired) electrons. The van der Waals surface area contributed by atoms with Gasteiger partial charge in [-0.15, -0.1) is 0 Å². The third-order valence-corrected chi connectivity index (χ3v) is 3.72. The summed E-state index contributed by atoms with van der Waals surface area (Å²) >= 11 is 0. The maximum atomic E-state index is 13.1. The SMILES string of the molecule is CCC(CO)(Nc1cccc(OC)c1)c1ccc(F)cc1. The van der Waals surface area contributed by atoms with Crippen molar-refractivity contribution in [3.05, 3.63) is 59.9 Å². The van der Waals surface area contributed by atoms with Crippen molar-refractivity contribution in [2.45, 2.75) is 18.9 Å². The van der Waals surface area contributed by atoms with E-state index in [1.165, 1.54) is 12.1 Å². The van der Waals surface area contributed by atoms with Crippen LogP contribution in [-0.2, 0) is 5.54 Å². The molecule has 2 aromatic rings. The average molecular weight is 289 g/mol. The van der Waals surface area contributed by atoms with E-state index in [0.717, 1.165) is 17.0 Å². The Morgan fingerprint density at radius 3 is 2.48 bits per heavy atom. The summed E-state index contributed by atoms with van der Waals surface area (Å²) in [5, 5.41) is 13.2. The van der Waals surface area contributed by atoms with Crippen molar-refractivity contribution >= 4 is 5.69 Å². The predicted molar refractivity (Wildman–Crippen MR) is 82.1 cm³/mol. The largest absolute Gasteiger partial charge is 0.497 e. The van der Waals surface area contributed by atoms with Crippen LogP contribution in [0.15, 0.2) is 48.5 Å². The number of benzene rings is 2. The summed E-state index contributed by atoms with van der Waals surface area (Å²) in [5.74, 6) is 0.449. The van der Waals surface area contributed by atoms with Gasteiger partial charge in [-0.25, -0.2) is 4.39 Å². The van der Waals surface area contributed by atoms with E-state index >= 15 is 0 Å². The molecule has 0 amide bonds. The molecule has 0 fully saturated rings. The summed E-state index contributed by atoms with van der Waals surface area (Å²) < 4.78 is 18.3. The Morgan fingerprint density at radius 2 is 1.90 bits per heavy atom. The van der Waals surface area contributed by atoms with Crippen LogP contribution in [0, 0.1) is 5.82 Å². The lowest BCUT2D eigenvalue weighted by molar-refractivity contribution is 0.207. The molecule has 21 heavy (non-hydrogen) atoms.